The standard InChI is InChI=1S/C55H84N2O17/c1-15-41-55(10,62)46-36(6)57(51(60)74-46)29-32(2)27-53(8,64-13)45(34(4)43(35(5)48(58)70-41)71-42-28-54(9,65-14)47(63-12)37(7)69-42)73-49-44(72-52(61)67-31-39-24-20-17-21-25-39)40(26-33(3)68-49)56(11)50(59)66-30-38-22-18-16-19-23-38/h16-18,20-22,24-25,32-37,40-47,49,62H,15,19,23,26-31H2,1-14H3/t32-,33-,34?,35-,36-,37+,40+,41-,42+,43+,44-,45-,46-,47+,49+,53-,54-,55-/m1/s1. The van der Waals surface area contributed by atoms with E-state index in [1.807, 2.05) is 90.1 Å². The van der Waals surface area contributed by atoms with Crippen molar-refractivity contribution in [3.8, 4) is 0 Å². The van der Waals surface area contributed by atoms with Crippen LogP contribution in [-0.2, 0) is 68.2 Å². The van der Waals surface area contributed by atoms with E-state index in [-0.39, 0.29) is 51.4 Å². The van der Waals surface area contributed by atoms with Gasteiger partial charge in [-0.15, -0.1) is 0 Å². The van der Waals surface area contributed by atoms with E-state index in [1.165, 1.54) is 11.8 Å². The summed E-state index contributed by atoms with van der Waals surface area (Å²) in [6.07, 6.45) is -3.43. The number of aliphatic hydroxyl groups is 1. The van der Waals surface area contributed by atoms with Crippen LogP contribution in [0.1, 0.15) is 113 Å². The lowest BCUT2D eigenvalue weighted by molar-refractivity contribution is -0.320. The molecule has 2 amide bonds. The van der Waals surface area contributed by atoms with Gasteiger partial charge in [0.25, 0.3) is 0 Å². The van der Waals surface area contributed by atoms with E-state index >= 15 is 0 Å². The summed E-state index contributed by atoms with van der Waals surface area (Å²) in [7, 11) is 6.32. The SMILES string of the molecule is CC[C@H]1OC(=O)[C@H](C)[C@@H](O[C@H]2C[C@@](C)(OC)[C@@H](OC)[C@H](C)O2)C(C)[C@@H](O[C@@H]2O[C@H](C)C[C@H](N(C)C(=O)OCC3=CC=CCC3)[C@H]2OC(=O)OCc2ccccc2)[C@](C)(OC)C[C@@H](C)CN2C(=O)O[C@H]([C@H]2C)[C@]1(C)O. The average Bonchev–Trinajstić information content (AvgIpc) is 3.66. The number of ether oxygens (including phenoxy) is 12. The third-order valence-corrected chi connectivity index (χ3v) is 16.0. The number of esters is 1. The molecule has 18 atom stereocenters. The van der Waals surface area contributed by atoms with E-state index < -0.39 is 126 Å². The van der Waals surface area contributed by atoms with Gasteiger partial charge in [-0.05, 0) is 97.6 Å². The maximum absolute atomic E-state index is 14.9. The normalized spacial score (nSPS) is 39.1. The predicted molar refractivity (Wildman–Crippen MR) is 269 cm³/mol. The number of amides is 2. The number of benzene rings is 1. The highest BCUT2D eigenvalue weighted by molar-refractivity contribution is 5.73. The number of cyclic esters (lactones) is 1. The number of nitrogens with zero attached hydrogens (tertiary/aromatic N) is 2. The molecule has 1 aromatic rings. The van der Waals surface area contributed by atoms with Gasteiger partial charge < -0.3 is 71.7 Å². The highest BCUT2D eigenvalue weighted by Gasteiger charge is 2.57. The lowest BCUT2D eigenvalue weighted by Crippen LogP contribution is -2.62. The van der Waals surface area contributed by atoms with E-state index in [0.717, 1.165) is 24.0 Å². The fourth-order valence-corrected chi connectivity index (χ4v) is 11.7. The predicted octanol–water partition coefficient (Wildman–Crippen LogP) is 7.88. The third kappa shape index (κ3) is 13.4. The Morgan fingerprint density at radius 3 is 2.19 bits per heavy atom. The molecule has 0 spiro atoms. The van der Waals surface area contributed by atoms with Gasteiger partial charge in [-0.3, -0.25) is 4.79 Å². The first-order chi connectivity index (χ1) is 35.0. The van der Waals surface area contributed by atoms with Crippen molar-refractivity contribution in [1.29, 1.82) is 0 Å². The van der Waals surface area contributed by atoms with Crippen LogP contribution >= 0.6 is 0 Å². The Hall–Kier alpha value is -4.34. The zero-order valence-corrected chi connectivity index (χ0v) is 46.0. The van der Waals surface area contributed by atoms with Gasteiger partial charge in [-0.1, -0.05) is 69.3 Å². The molecule has 5 aliphatic rings. The van der Waals surface area contributed by atoms with Gasteiger partial charge in [0, 0.05) is 47.3 Å². The zero-order chi connectivity index (χ0) is 54.3. The van der Waals surface area contributed by atoms with Crippen molar-refractivity contribution < 1.29 is 81.1 Å². The number of hydrogen-bond acceptors (Lipinski definition) is 17. The van der Waals surface area contributed by atoms with Crippen LogP contribution in [0.15, 0.2) is 54.1 Å². The van der Waals surface area contributed by atoms with E-state index in [1.54, 1.807) is 54.0 Å². The van der Waals surface area contributed by atoms with Crippen LogP contribution in [0.3, 0.4) is 0 Å². The second-order valence-corrected chi connectivity index (χ2v) is 21.7. The second-order valence-electron chi connectivity index (χ2n) is 21.7. The molecule has 4 aliphatic heterocycles. The van der Waals surface area contributed by atoms with E-state index in [4.69, 9.17) is 56.8 Å². The van der Waals surface area contributed by atoms with Crippen LogP contribution in [0.5, 0.6) is 0 Å². The van der Waals surface area contributed by atoms with Crippen LogP contribution in [0.2, 0.25) is 0 Å². The second kappa shape index (κ2) is 25.2. The van der Waals surface area contributed by atoms with Gasteiger partial charge >= 0.3 is 24.3 Å². The Balaban J connectivity index is 1.45. The van der Waals surface area contributed by atoms with Crippen LogP contribution in [0.4, 0.5) is 14.4 Å². The fourth-order valence-electron chi connectivity index (χ4n) is 11.7. The number of carbonyl (C=O) groups excluding carboxylic acids is 4. The Labute approximate surface area is 437 Å². The molecule has 4 heterocycles. The summed E-state index contributed by atoms with van der Waals surface area (Å²) < 4.78 is 75.9. The first-order valence-corrected chi connectivity index (χ1v) is 26.3. The molecule has 0 aromatic heterocycles. The number of fused-ring (bicyclic) bond motifs is 2. The highest BCUT2D eigenvalue weighted by atomic mass is 16.8. The Morgan fingerprint density at radius 2 is 1.55 bits per heavy atom. The third-order valence-electron chi connectivity index (χ3n) is 16.0. The molecule has 1 aromatic carbocycles. The van der Waals surface area contributed by atoms with E-state index in [2.05, 4.69) is 0 Å². The number of likely N-dealkylation sites (N-methyl/N-ethyl adjacent to an activating group) is 1. The van der Waals surface area contributed by atoms with Gasteiger partial charge in [0.1, 0.15) is 31.0 Å². The van der Waals surface area contributed by atoms with Crippen molar-refractivity contribution in [2.75, 3.05) is 41.5 Å². The summed E-state index contributed by atoms with van der Waals surface area (Å²) >= 11 is 0. The Kier molecular flexibility index (Phi) is 20.1. The van der Waals surface area contributed by atoms with Crippen molar-refractivity contribution in [2.24, 2.45) is 17.8 Å². The van der Waals surface area contributed by atoms with Crippen molar-refractivity contribution in [2.45, 2.75) is 205 Å². The van der Waals surface area contributed by atoms with Gasteiger partial charge in [0.2, 0.25) is 0 Å². The monoisotopic (exact) mass is 1040 g/mol. The molecule has 19 nitrogen and oxygen atoms in total. The highest BCUT2D eigenvalue weighted by Crippen LogP contribution is 2.43. The fraction of sp³-hybridized carbons (Fsp3) is 0.745. The summed E-state index contributed by atoms with van der Waals surface area (Å²) in [5.74, 6) is -2.90. The molecule has 1 aliphatic carbocycles. The van der Waals surface area contributed by atoms with Crippen LogP contribution < -0.4 is 0 Å². The first-order valence-electron chi connectivity index (χ1n) is 26.3. The Morgan fingerprint density at radius 1 is 0.865 bits per heavy atom. The molecule has 0 radical (unpaired) electrons. The van der Waals surface area contributed by atoms with Gasteiger partial charge in [0.05, 0.1) is 53.6 Å². The van der Waals surface area contributed by atoms with Crippen molar-refractivity contribution in [3.63, 3.8) is 0 Å². The van der Waals surface area contributed by atoms with Crippen LogP contribution in [-0.4, -0.2) is 171 Å². The molecule has 416 valence electrons. The zero-order valence-electron chi connectivity index (χ0n) is 46.0. The van der Waals surface area contributed by atoms with E-state index in [9.17, 15) is 24.3 Å². The summed E-state index contributed by atoms with van der Waals surface area (Å²) in [4.78, 5) is 59.5. The smallest absolute Gasteiger partial charge is 0.459 e. The summed E-state index contributed by atoms with van der Waals surface area (Å²) in [6, 6.07) is 7.66. The van der Waals surface area contributed by atoms with E-state index in [0.29, 0.717) is 0 Å². The van der Waals surface area contributed by atoms with Crippen LogP contribution in [0.25, 0.3) is 0 Å². The summed E-state index contributed by atoms with van der Waals surface area (Å²) in [6.45, 7) is 18.3. The van der Waals surface area contributed by atoms with Crippen molar-refractivity contribution in [1.82, 2.24) is 9.80 Å². The molecule has 0 saturated carbocycles. The number of carbonyl (C=O) groups is 4. The quantitative estimate of drug-likeness (QED) is 0.139. The maximum Gasteiger partial charge on any atom is 0.509 e. The maximum atomic E-state index is 14.9. The molecular weight excluding hydrogens is 961 g/mol. The molecular formula is C55H84N2O17. The summed E-state index contributed by atoms with van der Waals surface area (Å²) in [5, 5.41) is 12.2. The minimum absolute atomic E-state index is 0.0765. The molecule has 4 fully saturated rings. The van der Waals surface area contributed by atoms with Gasteiger partial charge in [-0.2, -0.15) is 0 Å². The topological polar surface area (TPSA) is 206 Å². The Bertz CT molecular complexity index is 2110. The molecule has 4 saturated heterocycles. The number of methoxy groups -OCH3 is 3. The molecule has 1 N–H and O–H groups in total. The van der Waals surface area contributed by atoms with Crippen molar-refractivity contribution >= 4 is 24.3 Å². The average molecular weight is 1050 g/mol. The lowest BCUT2D eigenvalue weighted by atomic mass is 9.77. The minimum Gasteiger partial charge on any atom is -0.459 e. The van der Waals surface area contributed by atoms with Crippen molar-refractivity contribution in [3.05, 3.63) is 59.7 Å². The molecule has 6 rings (SSSR count). The molecule has 2 bridgehead atoms. The largest absolute Gasteiger partial charge is 0.509 e. The number of rotatable bonds is 14. The number of hydrogen-bond donors (Lipinski definition) is 1. The minimum atomic E-state index is -1.80. The number of allylic oxidation sites excluding steroid dienone is 3. The van der Waals surface area contributed by atoms with Crippen LogP contribution in [0, 0.1) is 17.8 Å². The van der Waals surface area contributed by atoms with Gasteiger partial charge in [0.15, 0.2) is 24.8 Å². The molecule has 74 heavy (non-hydrogen) atoms. The van der Waals surface area contributed by atoms with Gasteiger partial charge in [-0.25, -0.2) is 14.4 Å². The lowest BCUT2D eigenvalue weighted by Gasteiger charge is -2.50. The summed E-state index contributed by atoms with van der Waals surface area (Å²) in [5.41, 5.74) is -2.27. The molecule has 1 unspecified atom stereocenters. The first kappa shape index (κ1) is 58.9. The molecule has 19 heteroatoms.